The number of rotatable bonds is 5. The van der Waals surface area contributed by atoms with E-state index in [0.717, 1.165) is 30.8 Å². The van der Waals surface area contributed by atoms with Crippen molar-refractivity contribution in [2.45, 2.75) is 51.6 Å². The van der Waals surface area contributed by atoms with Gasteiger partial charge in [0.1, 0.15) is 5.82 Å². The van der Waals surface area contributed by atoms with Crippen LogP contribution in [0.25, 0.3) is 0 Å². The first-order valence-corrected chi connectivity index (χ1v) is 11.4. The molecule has 1 aliphatic rings. The van der Waals surface area contributed by atoms with Gasteiger partial charge in [0.15, 0.2) is 5.13 Å². The predicted molar refractivity (Wildman–Crippen MR) is 122 cm³/mol. The second-order valence-corrected chi connectivity index (χ2v) is 9.81. The lowest BCUT2D eigenvalue weighted by Gasteiger charge is -2.22. The van der Waals surface area contributed by atoms with Crippen molar-refractivity contribution in [1.29, 1.82) is 0 Å². The summed E-state index contributed by atoms with van der Waals surface area (Å²) in [6.45, 7) is 8.06. The molecule has 0 bridgehead atoms. The van der Waals surface area contributed by atoms with Crippen molar-refractivity contribution in [2.24, 2.45) is 0 Å². The molecule has 31 heavy (non-hydrogen) atoms. The molecule has 0 saturated carbocycles. The van der Waals surface area contributed by atoms with Gasteiger partial charge >= 0.3 is 0 Å². The van der Waals surface area contributed by atoms with Gasteiger partial charge in [0.25, 0.3) is 5.91 Å². The molecule has 1 saturated heterocycles. The summed E-state index contributed by atoms with van der Waals surface area (Å²) >= 11 is 1.44. The number of halogens is 1. The van der Waals surface area contributed by atoms with E-state index in [0.29, 0.717) is 17.2 Å². The fourth-order valence-electron chi connectivity index (χ4n) is 3.85. The number of nitrogens with one attached hydrogen (secondary N) is 1. The maximum Gasteiger partial charge on any atom is 0.257 e. The zero-order valence-corrected chi connectivity index (χ0v) is 18.9. The van der Waals surface area contributed by atoms with Crippen molar-refractivity contribution < 1.29 is 9.18 Å². The van der Waals surface area contributed by atoms with E-state index in [1.807, 2.05) is 29.6 Å². The Labute approximate surface area is 186 Å². The van der Waals surface area contributed by atoms with Gasteiger partial charge in [-0.05, 0) is 54.6 Å². The van der Waals surface area contributed by atoms with Crippen LogP contribution in [0.4, 0.5) is 9.52 Å². The van der Waals surface area contributed by atoms with Crippen LogP contribution in [-0.4, -0.2) is 27.3 Å². The molecule has 162 valence electrons. The zero-order valence-electron chi connectivity index (χ0n) is 18.1. The van der Waals surface area contributed by atoms with Crippen LogP contribution in [0.1, 0.15) is 67.0 Å². The third kappa shape index (κ3) is 5.17. The van der Waals surface area contributed by atoms with Gasteiger partial charge in [0.05, 0.1) is 23.6 Å². The maximum absolute atomic E-state index is 13.1. The minimum Gasteiger partial charge on any atom is -0.298 e. The molecule has 1 amide bonds. The molecule has 1 atom stereocenters. The first kappa shape index (κ1) is 21.6. The molecule has 1 aromatic carbocycles. The minimum atomic E-state index is -0.324. The van der Waals surface area contributed by atoms with Gasteiger partial charge in [-0.2, -0.15) is 0 Å². The van der Waals surface area contributed by atoms with Gasteiger partial charge in [-0.15, -0.1) is 11.3 Å². The van der Waals surface area contributed by atoms with Crippen LogP contribution in [0.5, 0.6) is 0 Å². The van der Waals surface area contributed by atoms with Crippen LogP contribution in [0, 0.1) is 5.82 Å². The molecule has 3 aromatic rings. The summed E-state index contributed by atoms with van der Waals surface area (Å²) in [5.41, 5.74) is 3.67. The van der Waals surface area contributed by atoms with Gasteiger partial charge in [-0.1, -0.05) is 32.9 Å². The number of nitrogens with zero attached hydrogens (tertiary/aromatic N) is 3. The Hall–Kier alpha value is -2.64. The number of thiazole rings is 1. The summed E-state index contributed by atoms with van der Waals surface area (Å²) in [4.78, 5) is 23.8. The molecule has 0 aliphatic carbocycles. The van der Waals surface area contributed by atoms with E-state index < -0.39 is 0 Å². The molecule has 1 aliphatic heterocycles. The second kappa shape index (κ2) is 8.85. The number of likely N-dealkylation sites (tertiary alicyclic amines) is 1. The monoisotopic (exact) mass is 438 g/mol. The molecule has 3 heterocycles. The van der Waals surface area contributed by atoms with Crippen LogP contribution < -0.4 is 5.32 Å². The molecule has 1 fully saturated rings. The second-order valence-electron chi connectivity index (χ2n) is 8.96. The number of hydrogen-bond donors (Lipinski definition) is 1. The van der Waals surface area contributed by atoms with Gasteiger partial charge in [0.2, 0.25) is 0 Å². The molecule has 2 aromatic heterocycles. The summed E-state index contributed by atoms with van der Waals surface area (Å²) in [7, 11) is 0. The van der Waals surface area contributed by atoms with Gasteiger partial charge in [-0.25, -0.2) is 9.37 Å². The quantitative estimate of drug-likeness (QED) is 0.566. The smallest absolute Gasteiger partial charge is 0.257 e. The summed E-state index contributed by atoms with van der Waals surface area (Å²) in [6, 6.07) is 11.1. The highest BCUT2D eigenvalue weighted by molar-refractivity contribution is 7.14. The number of carbonyl (C=O) groups is 1. The van der Waals surface area contributed by atoms with E-state index in [-0.39, 0.29) is 23.2 Å². The third-order valence-electron chi connectivity index (χ3n) is 5.61. The van der Waals surface area contributed by atoms with Crippen LogP contribution in [0.15, 0.2) is 48.0 Å². The topological polar surface area (TPSA) is 58.1 Å². The average Bonchev–Trinajstić information content (AvgIpc) is 3.38. The fourth-order valence-corrected chi connectivity index (χ4v) is 4.60. The number of anilines is 1. The normalized spacial score (nSPS) is 17.1. The van der Waals surface area contributed by atoms with Crippen LogP contribution in [-0.2, 0) is 12.0 Å². The maximum atomic E-state index is 13.1. The average molecular weight is 439 g/mol. The summed E-state index contributed by atoms with van der Waals surface area (Å²) in [6.07, 6.45) is 3.34. The number of carbonyl (C=O) groups excluding carboxylic acids is 1. The standard InChI is InChI=1S/C24H27FN4OS/c1-24(2,3)17-8-6-16(7-9-17)22(30)28-23-27-20(15-31-23)21-5-4-12-29(21)14-19-11-10-18(25)13-26-19/h6-11,13,15,21H,4-5,12,14H2,1-3H3,(H,27,28,30). The number of aromatic nitrogens is 2. The highest BCUT2D eigenvalue weighted by Gasteiger charge is 2.28. The van der Waals surface area contributed by atoms with Crippen molar-refractivity contribution in [2.75, 3.05) is 11.9 Å². The van der Waals surface area contributed by atoms with E-state index >= 15 is 0 Å². The number of benzene rings is 1. The lowest BCUT2D eigenvalue weighted by Crippen LogP contribution is -2.23. The minimum absolute atomic E-state index is 0.0514. The van der Waals surface area contributed by atoms with Crippen molar-refractivity contribution in [3.63, 3.8) is 0 Å². The summed E-state index contributed by atoms with van der Waals surface area (Å²) < 4.78 is 13.1. The summed E-state index contributed by atoms with van der Waals surface area (Å²) in [5.74, 6) is -0.477. The Balaban J connectivity index is 1.41. The van der Waals surface area contributed by atoms with E-state index in [4.69, 9.17) is 0 Å². The highest BCUT2D eigenvalue weighted by atomic mass is 32.1. The van der Waals surface area contributed by atoms with Crippen molar-refractivity contribution in [3.8, 4) is 0 Å². The highest BCUT2D eigenvalue weighted by Crippen LogP contribution is 2.34. The van der Waals surface area contributed by atoms with Gasteiger partial charge in [-0.3, -0.25) is 20.0 Å². The fraction of sp³-hybridized carbons (Fsp3) is 0.375. The summed E-state index contributed by atoms with van der Waals surface area (Å²) in [5, 5.41) is 5.54. The molecule has 4 rings (SSSR count). The molecular formula is C24H27FN4OS. The first-order chi connectivity index (χ1) is 14.8. The van der Waals surface area contributed by atoms with E-state index in [1.54, 1.807) is 6.07 Å². The molecule has 0 radical (unpaired) electrons. The molecule has 1 N–H and O–H groups in total. The van der Waals surface area contributed by atoms with Crippen LogP contribution in [0.2, 0.25) is 0 Å². The van der Waals surface area contributed by atoms with Crippen LogP contribution in [0.3, 0.4) is 0 Å². The van der Waals surface area contributed by atoms with Crippen molar-refractivity contribution >= 4 is 22.4 Å². The Bertz CT molecular complexity index is 1040. The molecule has 1 unspecified atom stereocenters. The largest absolute Gasteiger partial charge is 0.298 e. The number of amides is 1. The SMILES string of the molecule is CC(C)(C)c1ccc(C(=O)Nc2nc(C3CCCN3Cc3ccc(F)cn3)cs2)cc1. The lowest BCUT2D eigenvalue weighted by atomic mass is 9.87. The Kier molecular flexibility index (Phi) is 6.16. The van der Waals surface area contributed by atoms with Gasteiger partial charge in [0, 0.05) is 17.5 Å². The molecule has 5 nitrogen and oxygen atoms in total. The van der Waals surface area contributed by atoms with E-state index in [1.165, 1.54) is 29.2 Å². The molecule has 7 heteroatoms. The van der Waals surface area contributed by atoms with Crippen molar-refractivity contribution in [1.82, 2.24) is 14.9 Å². The number of hydrogen-bond acceptors (Lipinski definition) is 5. The third-order valence-corrected chi connectivity index (χ3v) is 6.39. The predicted octanol–water partition coefficient (Wildman–Crippen LogP) is 5.56. The van der Waals surface area contributed by atoms with Crippen molar-refractivity contribution in [3.05, 3.63) is 76.3 Å². The number of pyridine rings is 1. The zero-order chi connectivity index (χ0) is 22.0. The molecule has 0 spiro atoms. The van der Waals surface area contributed by atoms with Gasteiger partial charge < -0.3 is 0 Å². The Morgan fingerprint density at radius 2 is 2.00 bits per heavy atom. The van der Waals surface area contributed by atoms with Crippen LogP contribution >= 0.6 is 11.3 Å². The van der Waals surface area contributed by atoms with E-state index in [9.17, 15) is 9.18 Å². The lowest BCUT2D eigenvalue weighted by molar-refractivity contribution is 0.102. The molecular weight excluding hydrogens is 411 g/mol. The van der Waals surface area contributed by atoms with E-state index in [2.05, 4.69) is 41.0 Å². The first-order valence-electron chi connectivity index (χ1n) is 10.5. The Morgan fingerprint density at radius 3 is 2.68 bits per heavy atom. The Morgan fingerprint density at radius 1 is 1.23 bits per heavy atom.